The smallest absolute Gasteiger partial charge is 0.0972 e. The fourth-order valence-electron chi connectivity index (χ4n) is 0.250. The first-order valence-corrected chi connectivity index (χ1v) is 2.31. The molecule has 0 atom stereocenters. The summed E-state index contributed by atoms with van der Waals surface area (Å²) in [5.41, 5.74) is 0. The quantitative estimate of drug-likeness (QED) is 0.290. The van der Waals surface area contributed by atoms with E-state index in [0.29, 0.717) is 0 Å². The summed E-state index contributed by atoms with van der Waals surface area (Å²) in [6.45, 7) is 1.87. The Morgan fingerprint density at radius 2 is 2.50 bits per heavy atom. The van der Waals surface area contributed by atoms with Gasteiger partial charge in [-0.15, -0.1) is 11.8 Å². The minimum absolute atomic E-state index is 1.05. The van der Waals surface area contributed by atoms with Crippen molar-refractivity contribution in [1.82, 2.24) is 0 Å². The molecular weight excluding hydrogens is 69.7 g/mol. The summed E-state index contributed by atoms with van der Waals surface area (Å²) in [7, 11) is 3.31. The lowest BCUT2D eigenvalue weighted by molar-refractivity contribution is 1.80. The molecule has 0 heterocycles. The number of rotatable bonds is 1. The molecule has 0 saturated heterocycles. The van der Waals surface area contributed by atoms with Gasteiger partial charge in [-0.2, -0.15) is 0 Å². The van der Waals surface area contributed by atoms with Gasteiger partial charge < -0.3 is 0 Å². The van der Waals surface area contributed by atoms with Gasteiger partial charge in [0.25, 0.3) is 0 Å². The fraction of sp³-hybridized carbons (Fsp3) is 0.500. The van der Waals surface area contributed by atoms with Crippen molar-refractivity contribution < 1.29 is 0 Å². The Morgan fingerprint density at radius 3 is 2.67 bits per heavy atom. The van der Waals surface area contributed by atoms with Gasteiger partial charge in [-0.25, -0.2) is 0 Å². The van der Waals surface area contributed by atoms with E-state index in [4.69, 9.17) is 0 Å². The lowest BCUT2D eigenvalue weighted by Gasteiger charge is -1.68. The van der Waals surface area contributed by atoms with Crippen LogP contribution < -0.4 is 0 Å². The molecule has 0 unspecified atom stereocenters. The van der Waals surface area contributed by atoms with E-state index < -0.39 is 0 Å². The van der Waals surface area contributed by atoms with Gasteiger partial charge in [0.05, 0.1) is 14.9 Å². The summed E-state index contributed by atoms with van der Waals surface area (Å²) in [5, 5.41) is 0. The Balaban J connectivity index is 2.79. The molecule has 0 nitrogen and oxygen atoms in total. The topological polar surface area (TPSA) is 0 Å². The van der Waals surface area contributed by atoms with E-state index in [9.17, 15) is 0 Å². The third-order valence-corrected chi connectivity index (χ3v) is 0.552. The first-order valence-electron chi connectivity index (χ1n) is 2.31. The first-order chi connectivity index (χ1) is 2.91. The van der Waals surface area contributed by atoms with Crippen molar-refractivity contribution in [2.75, 3.05) is 0 Å². The second kappa shape index (κ2) is 4.69. The van der Waals surface area contributed by atoms with Crippen LogP contribution in [-0.2, 0) is 0 Å². The highest BCUT2D eigenvalue weighted by Gasteiger charge is 1.68. The molecule has 0 aromatic heterocycles. The molecule has 0 aliphatic carbocycles. The lowest BCUT2D eigenvalue weighted by atomic mass is 9.54. The average Bonchev–Trinajstić information content (AvgIpc) is 1.61. The fourth-order valence-corrected chi connectivity index (χ4v) is 0.250. The molecule has 0 N–H and O–H groups in total. The van der Waals surface area contributed by atoms with Crippen LogP contribution in [0.4, 0.5) is 0 Å². The largest absolute Gasteiger partial charge is 0.113 e. The highest BCUT2D eigenvalue weighted by Crippen LogP contribution is 1.64. The summed E-state index contributed by atoms with van der Waals surface area (Å²) in [6, 6.07) is 0. The van der Waals surface area contributed by atoms with Crippen molar-refractivity contribution in [3.05, 3.63) is 0 Å². The van der Waals surface area contributed by atoms with Crippen LogP contribution in [-0.4, -0.2) is 14.9 Å². The minimum Gasteiger partial charge on any atom is -0.113 e. The normalized spacial score (nSPS) is 5.50. The molecule has 6 heavy (non-hydrogen) atoms. The monoisotopic (exact) mass is 78.1 g/mol. The Morgan fingerprint density at radius 1 is 1.83 bits per heavy atom. The van der Waals surface area contributed by atoms with Crippen molar-refractivity contribution in [3.8, 4) is 11.8 Å². The lowest BCUT2D eigenvalue weighted by Crippen LogP contribution is -1.81. The summed E-state index contributed by atoms with van der Waals surface area (Å²) in [6.07, 6.45) is 1.05. The van der Waals surface area contributed by atoms with Crippen molar-refractivity contribution in [3.63, 3.8) is 0 Å². The van der Waals surface area contributed by atoms with E-state index in [-0.39, 0.29) is 0 Å². The van der Waals surface area contributed by atoms with Crippen LogP contribution in [0.1, 0.15) is 6.92 Å². The molecule has 2 heteroatoms. The van der Waals surface area contributed by atoms with E-state index >= 15 is 0 Å². The van der Waals surface area contributed by atoms with Crippen LogP contribution in [0.15, 0.2) is 0 Å². The third-order valence-electron chi connectivity index (χ3n) is 0.552. The standard InChI is InChI=1S/C4H8B2/c1-2-3-4-6-5/h6H,4-5H2,1H3. The Hall–Kier alpha value is -0.310. The molecule has 0 aliphatic heterocycles. The molecular formula is C4H8B2. The zero-order valence-electron chi connectivity index (χ0n) is 4.41. The van der Waals surface area contributed by atoms with Gasteiger partial charge in [0.15, 0.2) is 0 Å². The second-order valence-electron chi connectivity index (χ2n) is 1.18. The second-order valence-corrected chi connectivity index (χ2v) is 1.18. The summed E-state index contributed by atoms with van der Waals surface area (Å²) >= 11 is 0. The maximum atomic E-state index is 2.95. The molecule has 0 rings (SSSR count). The molecule has 0 spiro atoms. The van der Waals surface area contributed by atoms with Crippen molar-refractivity contribution in [1.29, 1.82) is 0 Å². The predicted molar refractivity (Wildman–Crippen MR) is 33.9 cm³/mol. The first kappa shape index (κ1) is 5.69. The summed E-state index contributed by atoms with van der Waals surface area (Å²) in [5.74, 6) is 5.77. The van der Waals surface area contributed by atoms with Crippen molar-refractivity contribution in [2.45, 2.75) is 13.2 Å². The molecule has 0 aliphatic rings. The molecule has 0 fully saturated rings. The van der Waals surface area contributed by atoms with E-state index in [1.165, 1.54) is 7.17 Å². The molecule has 30 valence electrons. The summed E-state index contributed by atoms with van der Waals surface area (Å²) < 4.78 is 0. The van der Waals surface area contributed by atoms with Gasteiger partial charge in [-0.05, 0) is 13.2 Å². The Bertz CT molecular complexity index is 67.4. The zero-order valence-corrected chi connectivity index (χ0v) is 4.41. The molecule has 0 radical (unpaired) electrons. The maximum Gasteiger partial charge on any atom is 0.0972 e. The highest BCUT2D eigenvalue weighted by molar-refractivity contribution is 6.89. The van der Waals surface area contributed by atoms with Crippen molar-refractivity contribution >= 4 is 14.9 Å². The average molecular weight is 77.7 g/mol. The van der Waals surface area contributed by atoms with Gasteiger partial charge in [-0.1, -0.05) is 0 Å². The van der Waals surface area contributed by atoms with E-state index in [1.54, 1.807) is 0 Å². The van der Waals surface area contributed by atoms with E-state index in [1.807, 2.05) is 6.92 Å². The van der Waals surface area contributed by atoms with Crippen molar-refractivity contribution in [2.24, 2.45) is 0 Å². The Kier molecular flexibility index (Phi) is 4.45. The SMILES string of the molecule is BBCC#CC. The minimum atomic E-state index is 1.05. The highest BCUT2D eigenvalue weighted by atomic mass is 13.5. The number of hydrogen-bond acceptors (Lipinski definition) is 0. The molecule has 0 aromatic rings. The molecule has 0 bridgehead atoms. The Labute approximate surface area is 41.0 Å². The van der Waals surface area contributed by atoms with Crippen LogP contribution in [0.5, 0.6) is 0 Å². The van der Waals surface area contributed by atoms with Crippen LogP contribution >= 0.6 is 0 Å². The van der Waals surface area contributed by atoms with Crippen LogP contribution in [0.2, 0.25) is 6.32 Å². The van der Waals surface area contributed by atoms with Crippen LogP contribution in [0.25, 0.3) is 0 Å². The zero-order chi connectivity index (χ0) is 4.83. The van der Waals surface area contributed by atoms with Gasteiger partial charge in [-0.3, -0.25) is 0 Å². The van der Waals surface area contributed by atoms with E-state index in [0.717, 1.165) is 6.32 Å². The maximum absolute atomic E-state index is 2.95. The van der Waals surface area contributed by atoms with Crippen LogP contribution in [0.3, 0.4) is 0 Å². The molecule has 0 saturated carbocycles. The molecule has 0 aromatic carbocycles. The van der Waals surface area contributed by atoms with Crippen LogP contribution in [0, 0.1) is 11.8 Å². The van der Waals surface area contributed by atoms with Gasteiger partial charge in [0.1, 0.15) is 0 Å². The third kappa shape index (κ3) is 3.69. The predicted octanol–water partition coefficient (Wildman–Crippen LogP) is -0.587. The summed E-state index contributed by atoms with van der Waals surface area (Å²) in [4.78, 5) is 0. The number of hydrogen-bond donors (Lipinski definition) is 0. The van der Waals surface area contributed by atoms with E-state index in [2.05, 4.69) is 19.6 Å². The van der Waals surface area contributed by atoms with Gasteiger partial charge in [0, 0.05) is 0 Å². The van der Waals surface area contributed by atoms with Gasteiger partial charge in [0.2, 0.25) is 0 Å². The molecule has 0 amide bonds. The van der Waals surface area contributed by atoms with Gasteiger partial charge >= 0.3 is 0 Å².